The lowest BCUT2D eigenvalue weighted by Crippen LogP contribution is -2.41. The Balaban J connectivity index is 1.36. The van der Waals surface area contributed by atoms with Gasteiger partial charge in [0.2, 0.25) is 5.91 Å². The van der Waals surface area contributed by atoms with Crippen molar-refractivity contribution in [2.45, 2.75) is 12.8 Å². The van der Waals surface area contributed by atoms with Gasteiger partial charge in [-0.1, -0.05) is 12.1 Å². The van der Waals surface area contributed by atoms with E-state index in [-0.39, 0.29) is 11.8 Å². The number of aromatic nitrogens is 2. The molecule has 2 aromatic carbocycles. The van der Waals surface area contributed by atoms with E-state index in [1.165, 1.54) is 0 Å². The molecule has 1 N–H and O–H groups in total. The van der Waals surface area contributed by atoms with Gasteiger partial charge in [0.1, 0.15) is 11.6 Å². The molecule has 1 atom stereocenters. The van der Waals surface area contributed by atoms with Gasteiger partial charge in [0.15, 0.2) is 11.5 Å². The second kappa shape index (κ2) is 9.26. The van der Waals surface area contributed by atoms with Crippen LogP contribution in [0.4, 0.5) is 11.5 Å². The highest BCUT2D eigenvalue weighted by molar-refractivity contribution is 5.93. The SMILES string of the molecule is COc1ccccc1Oc1ccc(NC(=O)[C@@H]2CCCN(c3cnccn3)C2)cc1. The summed E-state index contributed by atoms with van der Waals surface area (Å²) < 4.78 is 11.2. The monoisotopic (exact) mass is 404 g/mol. The zero-order valence-electron chi connectivity index (χ0n) is 16.8. The summed E-state index contributed by atoms with van der Waals surface area (Å²) >= 11 is 0. The third-order valence-electron chi connectivity index (χ3n) is 5.08. The number of ether oxygens (including phenoxy) is 2. The predicted octanol–water partition coefficient (Wildman–Crippen LogP) is 4.13. The summed E-state index contributed by atoms with van der Waals surface area (Å²) in [7, 11) is 1.61. The normalized spacial score (nSPS) is 16.0. The van der Waals surface area contributed by atoms with Crippen LogP contribution in [-0.2, 0) is 4.79 Å². The van der Waals surface area contributed by atoms with Gasteiger partial charge in [0.05, 0.1) is 19.2 Å². The molecule has 4 rings (SSSR count). The summed E-state index contributed by atoms with van der Waals surface area (Å²) in [5, 5.41) is 3.02. The molecule has 7 nitrogen and oxygen atoms in total. The number of hydrogen-bond donors (Lipinski definition) is 1. The van der Waals surface area contributed by atoms with Crippen LogP contribution in [0.3, 0.4) is 0 Å². The van der Waals surface area contributed by atoms with Gasteiger partial charge < -0.3 is 19.7 Å². The molecule has 0 aliphatic carbocycles. The maximum absolute atomic E-state index is 12.8. The number of methoxy groups -OCH3 is 1. The third kappa shape index (κ3) is 4.68. The van der Waals surface area contributed by atoms with Crippen molar-refractivity contribution in [1.29, 1.82) is 0 Å². The van der Waals surface area contributed by atoms with Crippen LogP contribution in [-0.4, -0.2) is 36.1 Å². The molecule has 1 fully saturated rings. The van der Waals surface area contributed by atoms with Gasteiger partial charge in [-0.3, -0.25) is 9.78 Å². The summed E-state index contributed by atoms with van der Waals surface area (Å²) in [5.41, 5.74) is 0.740. The second-order valence-electron chi connectivity index (χ2n) is 7.12. The van der Waals surface area contributed by atoms with E-state index in [1.54, 1.807) is 25.7 Å². The minimum absolute atomic E-state index is 0.0157. The van der Waals surface area contributed by atoms with Crippen LogP contribution in [0.2, 0.25) is 0 Å². The Morgan fingerprint density at radius 1 is 1.10 bits per heavy atom. The molecule has 154 valence electrons. The van der Waals surface area contributed by atoms with Crippen LogP contribution in [0.15, 0.2) is 67.1 Å². The maximum Gasteiger partial charge on any atom is 0.229 e. The van der Waals surface area contributed by atoms with Gasteiger partial charge in [-0.25, -0.2) is 4.98 Å². The van der Waals surface area contributed by atoms with E-state index in [1.807, 2.05) is 48.5 Å². The Morgan fingerprint density at radius 3 is 2.63 bits per heavy atom. The highest BCUT2D eigenvalue weighted by Crippen LogP contribution is 2.31. The zero-order valence-corrected chi connectivity index (χ0v) is 16.8. The van der Waals surface area contributed by atoms with Gasteiger partial charge in [0.25, 0.3) is 0 Å². The van der Waals surface area contributed by atoms with Crippen LogP contribution in [0, 0.1) is 5.92 Å². The number of nitrogens with zero attached hydrogens (tertiary/aromatic N) is 3. The largest absolute Gasteiger partial charge is 0.493 e. The number of rotatable bonds is 6. The van der Waals surface area contributed by atoms with Crippen LogP contribution in [0.5, 0.6) is 17.2 Å². The molecule has 0 radical (unpaired) electrons. The number of hydrogen-bond acceptors (Lipinski definition) is 6. The summed E-state index contributed by atoms with van der Waals surface area (Å²) in [4.78, 5) is 23.4. The molecule has 0 bridgehead atoms. The van der Waals surface area contributed by atoms with Crippen LogP contribution >= 0.6 is 0 Å². The number of nitrogens with one attached hydrogen (secondary N) is 1. The number of para-hydroxylation sites is 2. The zero-order chi connectivity index (χ0) is 20.8. The van der Waals surface area contributed by atoms with Gasteiger partial charge in [0, 0.05) is 31.2 Å². The number of piperidine rings is 1. The first-order chi connectivity index (χ1) is 14.7. The fraction of sp³-hybridized carbons (Fsp3) is 0.261. The van der Waals surface area contributed by atoms with Gasteiger partial charge >= 0.3 is 0 Å². The van der Waals surface area contributed by atoms with Gasteiger partial charge in [-0.05, 0) is 49.2 Å². The maximum atomic E-state index is 12.8. The average molecular weight is 404 g/mol. The molecule has 7 heteroatoms. The molecule has 1 saturated heterocycles. The first-order valence-electron chi connectivity index (χ1n) is 9.95. The molecule has 0 spiro atoms. The number of anilines is 2. The van der Waals surface area contributed by atoms with E-state index in [2.05, 4.69) is 20.2 Å². The quantitative estimate of drug-likeness (QED) is 0.666. The van der Waals surface area contributed by atoms with Gasteiger partial charge in [-0.15, -0.1) is 0 Å². The van der Waals surface area contributed by atoms with E-state index in [0.29, 0.717) is 23.8 Å². The topological polar surface area (TPSA) is 76.6 Å². The Morgan fingerprint density at radius 2 is 1.90 bits per heavy atom. The molecular weight excluding hydrogens is 380 g/mol. The molecule has 1 aliphatic heterocycles. The van der Waals surface area contributed by atoms with E-state index in [0.717, 1.165) is 30.9 Å². The van der Waals surface area contributed by atoms with Crippen molar-refractivity contribution < 1.29 is 14.3 Å². The lowest BCUT2D eigenvalue weighted by atomic mass is 9.97. The minimum Gasteiger partial charge on any atom is -0.493 e. The van der Waals surface area contributed by atoms with Crippen molar-refractivity contribution in [1.82, 2.24) is 9.97 Å². The number of carbonyl (C=O) groups excluding carboxylic acids is 1. The van der Waals surface area contributed by atoms with Crippen molar-refractivity contribution in [2.75, 3.05) is 30.4 Å². The third-order valence-corrected chi connectivity index (χ3v) is 5.08. The van der Waals surface area contributed by atoms with Crippen LogP contribution in [0.1, 0.15) is 12.8 Å². The van der Waals surface area contributed by atoms with Crippen LogP contribution < -0.4 is 19.7 Å². The number of amides is 1. The lowest BCUT2D eigenvalue weighted by molar-refractivity contribution is -0.120. The van der Waals surface area contributed by atoms with Gasteiger partial charge in [-0.2, -0.15) is 0 Å². The molecule has 0 saturated carbocycles. The molecular formula is C23H24N4O3. The van der Waals surface area contributed by atoms with E-state index in [9.17, 15) is 4.79 Å². The van der Waals surface area contributed by atoms with Crippen LogP contribution in [0.25, 0.3) is 0 Å². The fourth-order valence-corrected chi connectivity index (χ4v) is 3.53. The Kier molecular flexibility index (Phi) is 6.08. The summed E-state index contributed by atoms with van der Waals surface area (Å²) in [6.07, 6.45) is 6.87. The lowest BCUT2D eigenvalue weighted by Gasteiger charge is -2.32. The van der Waals surface area contributed by atoms with Crippen molar-refractivity contribution >= 4 is 17.4 Å². The first-order valence-corrected chi connectivity index (χ1v) is 9.95. The molecule has 1 aliphatic rings. The van der Waals surface area contributed by atoms with Crippen molar-refractivity contribution in [3.8, 4) is 17.2 Å². The molecule has 30 heavy (non-hydrogen) atoms. The first kappa shape index (κ1) is 19.7. The van der Waals surface area contributed by atoms with Crippen molar-refractivity contribution in [2.24, 2.45) is 5.92 Å². The summed E-state index contributed by atoms with van der Waals surface area (Å²) in [6.45, 7) is 1.52. The Bertz CT molecular complexity index is 979. The highest BCUT2D eigenvalue weighted by atomic mass is 16.5. The summed E-state index contributed by atoms with van der Waals surface area (Å²) in [5.74, 6) is 2.71. The predicted molar refractivity (Wildman–Crippen MR) is 115 cm³/mol. The second-order valence-corrected chi connectivity index (χ2v) is 7.12. The Labute approximate surface area is 175 Å². The molecule has 2 heterocycles. The fourth-order valence-electron chi connectivity index (χ4n) is 3.53. The van der Waals surface area contributed by atoms with E-state index >= 15 is 0 Å². The van der Waals surface area contributed by atoms with Crippen molar-refractivity contribution in [3.63, 3.8) is 0 Å². The van der Waals surface area contributed by atoms with Crippen molar-refractivity contribution in [3.05, 3.63) is 67.1 Å². The number of carbonyl (C=O) groups is 1. The Hall–Kier alpha value is -3.61. The number of benzene rings is 2. The average Bonchev–Trinajstić information content (AvgIpc) is 2.81. The molecule has 3 aromatic rings. The molecule has 1 amide bonds. The van der Waals surface area contributed by atoms with E-state index < -0.39 is 0 Å². The smallest absolute Gasteiger partial charge is 0.229 e. The molecule has 0 unspecified atom stereocenters. The van der Waals surface area contributed by atoms with E-state index in [4.69, 9.17) is 9.47 Å². The highest BCUT2D eigenvalue weighted by Gasteiger charge is 2.26. The standard InChI is InChI=1S/C23H24N4O3/c1-29-20-6-2-3-7-21(20)30-19-10-8-18(9-11-19)26-23(28)17-5-4-14-27(16-17)22-15-24-12-13-25-22/h2-3,6-13,15,17H,4-5,14,16H2,1H3,(H,26,28)/t17-/m1/s1. The summed E-state index contributed by atoms with van der Waals surface area (Å²) in [6, 6.07) is 14.8. The minimum atomic E-state index is -0.0923. The molecule has 1 aromatic heterocycles.